The van der Waals surface area contributed by atoms with Crippen LogP contribution in [0.3, 0.4) is 0 Å². The Bertz CT molecular complexity index is 715. The fourth-order valence-corrected chi connectivity index (χ4v) is 3.83. The zero-order valence-electron chi connectivity index (χ0n) is 14.0. The zero-order valence-corrected chi connectivity index (χ0v) is 14.0. The third-order valence-corrected chi connectivity index (χ3v) is 5.27. The summed E-state index contributed by atoms with van der Waals surface area (Å²) in [6.07, 6.45) is 5.46. The van der Waals surface area contributed by atoms with Crippen LogP contribution in [0, 0.1) is 5.92 Å². The number of rotatable bonds is 5. The van der Waals surface area contributed by atoms with Gasteiger partial charge in [-0.05, 0) is 43.7 Å². The van der Waals surface area contributed by atoms with Gasteiger partial charge in [0.05, 0.1) is 11.8 Å². The minimum absolute atomic E-state index is 0.189. The molecule has 1 fully saturated rings. The van der Waals surface area contributed by atoms with E-state index in [1.165, 1.54) is 12.0 Å². The van der Waals surface area contributed by atoms with Crippen LogP contribution in [0.5, 0.6) is 0 Å². The predicted molar refractivity (Wildman–Crippen MR) is 89.8 cm³/mol. The van der Waals surface area contributed by atoms with Gasteiger partial charge in [0.1, 0.15) is 11.6 Å². The lowest BCUT2D eigenvalue weighted by Gasteiger charge is -2.15. The summed E-state index contributed by atoms with van der Waals surface area (Å²) < 4.78 is 0. The van der Waals surface area contributed by atoms with Crippen LogP contribution in [0.25, 0.3) is 0 Å². The van der Waals surface area contributed by atoms with E-state index in [1.807, 2.05) is 0 Å². The van der Waals surface area contributed by atoms with Crippen LogP contribution in [-0.2, 0) is 19.3 Å². The number of nitrogens with one attached hydrogen (secondary N) is 2. The van der Waals surface area contributed by atoms with Crippen molar-refractivity contribution in [2.24, 2.45) is 5.92 Å². The summed E-state index contributed by atoms with van der Waals surface area (Å²) in [5.74, 6) is 2.99. The third kappa shape index (κ3) is 3.00. The maximum Gasteiger partial charge on any atom is 0.153 e. The van der Waals surface area contributed by atoms with Crippen molar-refractivity contribution in [3.05, 3.63) is 29.0 Å². The highest BCUT2D eigenvalue weighted by atomic mass is 16.3. The lowest BCUT2D eigenvalue weighted by molar-refractivity contribution is 0.137. The Morgan fingerprint density at radius 1 is 1.29 bits per heavy atom. The van der Waals surface area contributed by atoms with Gasteiger partial charge in [-0.3, -0.25) is 5.10 Å². The van der Waals surface area contributed by atoms with Crippen molar-refractivity contribution in [1.82, 2.24) is 25.4 Å². The molecule has 0 unspecified atom stereocenters. The summed E-state index contributed by atoms with van der Waals surface area (Å²) in [5, 5.41) is 29.6. The highest BCUT2D eigenvalue weighted by Crippen LogP contribution is 2.37. The molecule has 24 heavy (non-hydrogen) atoms. The van der Waals surface area contributed by atoms with Crippen molar-refractivity contribution in [2.45, 2.75) is 57.5 Å². The molecule has 0 radical (unpaired) electrons. The molecule has 3 atom stereocenters. The monoisotopic (exact) mass is 328 g/mol. The standard InChI is InChI=1S/C17H24N6O/c1-2-15-19-17(23-21-15)11-6-12(14(24)7-11)9-18-16-8-10-4-3-5-13(10)20-22-16/h8,11-12,14,24H,2-7,9H2,1H3,(H,18,22)(H,19,21,23)/t11-,12+,14+/m0/s1. The highest BCUT2D eigenvalue weighted by Gasteiger charge is 2.35. The van der Waals surface area contributed by atoms with Crippen molar-refractivity contribution < 1.29 is 5.11 Å². The average molecular weight is 328 g/mol. The minimum atomic E-state index is -0.325. The lowest BCUT2D eigenvalue weighted by atomic mass is 10.0. The lowest BCUT2D eigenvalue weighted by Crippen LogP contribution is -2.22. The smallest absolute Gasteiger partial charge is 0.153 e. The molecule has 0 aromatic carbocycles. The number of fused-ring (bicyclic) bond motifs is 1. The summed E-state index contributed by atoms with van der Waals surface area (Å²) >= 11 is 0. The number of H-pyrrole nitrogens is 1. The van der Waals surface area contributed by atoms with Crippen LogP contribution in [0.1, 0.15) is 55.0 Å². The summed E-state index contributed by atoms with van der Waals surface area (Å²) in [7, 11) is 0. The van der Waals surface area contributed by atoms with Gasteiger partial charge in [0.2, 0.25) is 0 Å². The number of aliphatic hydroxyl groups is 1. The first kappa shape index (κ1) is 15.5. The highest BCUT2D eigenvalue weighted by molar-refractivity contribution is 5.39. The molecule has 2 heterocycles. The van der Waals surface area contributed by atoms with Crippen molar-refractivity contribution in [3.63, 3.8) is 0 Å². The molecule has 7 heteroatoms. The van der Waals surface area contributed by atoms with E-state index in [1.54, 1.807) is 0 Å². The maximum atomic E-state index is 10.4. The third-order valence-electron chi connectivity index (χ3n) is 5.27. The van der Waals surface area contributed by atoms with E-state index in [4.69, 9.17) is 0 Å². The van der Waals surface area contributed by atoms with Crippen LogP contribution in [0.4, 0.5) is 5.82 Å². The van der Waals surface area contributed by atoms with Crippen LogP contribution in [-0.4, -0.2) is 43.1 Å². The Hall–Kier alpha value is -2.02. The zero-order chi connectivity index (χ0) is 16.5. The Morgan fingerprint density at radius 2 is 2.21 bits per heavy atom. The molecule has 0 amide bonds. The van der Waals surface area contributed by atoms with Gasteiger partial charge >= 0.3 is 0 Å². The van der Waals surface area contributed by atoms with E-state index in [0.717, 1.165) is 55.3 Å². The van der Waals surface area contributed by atoms with Gasteiger partial charge < -0.3 is 10.4 Å². The van der Waals surface area contributed by atoms with Gasteiger partial charge in [0, 0.05) is 24.8 Å². The number of nitrogens with zero attached hydrogens (tertiary/aromatic N) is 4. The van der Waals surface area contributed by atoms with Crippen LogP contribution >= 0.6 is 0 Å². The average Bonchev–Trinajstić information content (AvgIpc) is 3.31. The second kappa shape index (κ2) is 6.47. The van der Waals surface area contributed by atoms with Gasteiger partial charge in [-0.25, -0.2) is 4.98 Å². The molecule has 4 rings (SSSR count). The second-order valence-corrected chi connectivity index (χ2v) is 6.93. The van der Waals surface area contributed by atoms with Gasteiger partial charge in [0.15, 0.2) is 5.82 Å². The molecule has 0 saturated heterocycles. The van der Waals surface area contributed by atoms with Crippen molar-refractivity contribution >= 4 is 5.82 Å². The predicted octanol–water partition coefficient (Wildman–Crippen LogP) is 1.61. The van der Waals surface area contributed by atoms with Crippen LogP contribution in [0.2, 0.25) is 0 Å². The van der Waals surface area contributed by atoms with E-state index >= 15 is 0 Å². The van der Waals surface area contributed by atoms with Crippen LogP contribution in [0.15, 0.2) is 6.07 Å². The van der Waals surface area contributed by atoms with E-state index in [2.05, 4.69) is 43.7 Å². The molecule has 2 aliphatic carbocycles. The SMILES string of the molecule is CCc1nc([C@H]2C[C@H](CNc3cc4c(nn3)CCC4)[C@H](O)C2)n[nH]1. The van der Waals surface area contributed by atoms with Gasteiger partial charge in [-0.2, -0.15) is 10.2 Å². The van der Waals surface area contributed by atoms with Gasteiger partial charge in [-0.1, -0.05) is 6.92 Å². The summed E-state index contributed by atoms with van der Waals surface area (Å²) in [6.45, 7) is 2.76. The first-order valence-corrected chi connectivity index (χ1v) is 8.91. The minimum Gasteiger partial charge on any atom is -0.393 e. The Labute approximate surface area is 141 Å². The molecule has 7 nitrogen and oxygen atoms in total. The largest absolute Gasteiger partial charge is 0.393 e. The van der Waals surface area contributed by atoms with Crippen LogP contribution < -0.4 is 5.32 Å². The molecule has 128 valence electrons. The summed E-state index contributed by atoms with van der Waals surface area (Å²) in [6, 6.07) is 2.11. The molecular weight excluding hydrogens is 304 g/mol. The first-order chi connectivity index (χ1) is 11.7. The molecule has 2 aromatic rings. The number of hydrogen-bond donors (Lipinski definition) is 3. The summed E-state index contributed by atoms with van der Waals surface area (Å²) in [5.41, 5.74) is 2.45. The Kier molecular flexibility index (Phi) is 4.18. The Balaban J connectivity index is 1.36. The number of aliphatic hydroxyl groups excluding tert-OH is 1. The molecule has 2 aliphatic rings. The number of hydrogen-bond acceptors (Lipinski definition) is 6. The fourth-order valence-electron chi connectivity index (χ4n) is 3.83. The molecule has 0 bridgehead atoms. The van der Waals surface area contributed by atoms with E-state index < -0.39 is 0 Å². The van der Waals surface area contributed by atoms with E-state index in [0.29, 0.717) is 6.54 Å². The Morgan fingerprint density at radius 3 is 3.04 bits per heavy atom. The maximum absolute atomic E-state index is 10.4. The van der Waals surface area contributed by atoms with Gasteiger partial charge in [-0.15, -0.1) is 5.10 Å². The number of aromatic nitrogens is 5. The quantitative estimate of drug-likeness (QED) is 0.771. The van der Waals surface area contributed by atoms with Gasteiger partial charge in [0.25, 0.3) is 0 Å². The normalized spacial score (nSPS) is 25.8. The number of anilines is 1. The summed E-state index contributed by atoms with van der Waals surface area (Å²) in [4.78, 5) is 4.52. The topological polar surface area (TPSA) is 99.6 Å². The molecular formula is C17H24N6O. The molecule has 0 aliphatic heterocycles. The van der Waals surface area contributed by atoms with Crippen molar-refractivity contribution in [3.8, 4) is 0 Å². The molecule has 0 spiro atoms. The van der Waals surface area contributed by atoms with Crippen molar-refractivity contribution in [1.29, 1.82) is 0 Å². The van der Waals surface area contributed by atoms with E-state index in [-0.39, 0.29) is 17.9 Å². The molecule has 1 saturated carbocycles. The van der Waals surface area contributed by atoms with E-state index in [9.17, 15) is 5.11 Å². The fraction of sp³-hybridized carbons (Fsp3) is 0.647. The van der Waals surface area contributed by atoms with Crippen molar-refractivity contribution in [2.75, 3.05) is 11.9 Å². The number of aryl methyl sites for hydroxylation is 3. The first-order valence-electron chi connectivity index (χ1n) is 8.91. The molecule has 3 N–H and O–H groups in total. The second-order valence-electron chi connectivity index (χ2n) is 6.93. The number of aromatic amines is 1. The molecule has 2 aromatic heterocycles.